The SMILES string of the molecule is CC(=CC(O)C(F)(F)C(F)(F)C(F)(F)C(F)(F)C(O)C=C(C)C(=O)O)C(=O)O. The molecule has 0 bridgehead atoms. The first-order chi connectivity index (χ1) is 12.2. The molecule has 4 N–H and O–H groups in total. The van der Waals surface area contributed by atoms with Crippen LogP contribution in [0.5, 0.6) is 0 Å². The molecule has 0 rings (SSSR count). The van der Waals surface area contributed by atoms with Crippen molar-refractivity contribution in [3.05, 3.63) is 23.3 Å². The van der Waals surface area contributed by atoms with Crippen molar-refractivity contribution in [3.8, 4) is 0 Å². The molecule has 14 heteroatoms. The van der Waals surface area contributed by atoms with E-state index in [9.17, 15) is 44.7 Å². The molecular formula is C14H14F8O6. The average molecular weight is 430 g/mol. The maximum Gasteiger partial charge on any atom is 0.381 e. The second-order valence-electron chi connectivity index (χ2n) is 5.59. The minimum absolute atomic E-state index is 0.463. The smallest absolute Gasteiger partial charge is 0.381 e. The molecule has 0 spiro atoms. The van der Waals surface area contributed by atoms with Gasteiger partial charge in [0.25, 0.3) is 0 Å². The Labute approximate surface area is 151 Å². The van der Waals surface area contributed by atoms with E-state index in [1.807, 2.05) is 0 Å². The van der Waals surface area contributed by atoms with Crippen molar-refractivity contribution in [1.82, 2.24) is 0 Å². The van der Waals surface area contributed by atoms with Gasteiger partial charge in [-0.25, -0.2) is 9.59 Å². The number of alkyl halides is 8. The molecule has 0 aromatic heterocycles. The number of hydrogen-bond donors (Lipinski definition) is 4. The average Bonchev–Trinajstić information content (AvgIpc) is 2.53. The summed E-state index contributed by atoms with van der Waals surface area (Å²) in [6.45, 7) is 1.05. The van der Waals surface area contributed by atoms with Gasteiger partial charge in [0, 0.05) is 11.1 Å². The van der Waals surface area contributed by atoms with Gasteiger partial charge in [0.05, 0.1) is 0 Å². The van der Waals surface area contributed by atoms with Crippen molar-refractivity contribution in [3.63, 3.8) is 0 Å². The maximum atomic E-state index is 13.7. The standard InChI is InChI=1S/C14H14F8O6/c1-5(9(25)26)3-7(23)11(15,16)13(19,20)14(21,22)12(17,18)8(24)4-6(2)10(27)28/h3-4,7-8,23-24H,1-2H3,(H,25,26)(H,27,28). The Morgan fingerprint density at radius 3 is 1.07 bits per heavy atom. The number of aliphatic hydroxyl groups is 2. The van der Waals surface area contributed by atoms with Gasteiger partial charge in [0.2, 0.25) is 0 Å². The Balaban J connectivity index is 6.21. The summed E-state index contributed by atoms with van der Waals surface area (Å²) >= 11 is 0. The number of carboxylic acids is 2. The highest BCUT2D eigenvalue weighted by atomic mass is 19.4. The minimum atomic E-state index is -7.01. The fourth-order valence-electron chi connectivity index (χ4n) is 1.62. The largest absolute Gasteiger partial charge is 0.478 e. The highest BCUT2D eigenvalue weighted by Crippen LogP contribution is 2.54. The third kappa shape index (κ3) is 4.43. The maximum absolute atomic E-state index is 13.7. The summed E-state index contributed by atoms with van der Waals surface area (Å²) in [5.74, 6) is -30.7. The van der Waals surface area contributed by atoms with Gasteiger partial charge in [-0.3, -0.25) is 0 Å². The third-order valence-electron chi connectivity index (χ3n) is 3.46. The zero-order valence-corrected chi connectivity index (χ0v) is 13.9. The molecule has 0 heterocycles. The summed E-state index contributed by atoms with van der Waals surface area (Å²) in [6, 6.07) is 0. The van der Waals surface area contributed by atoms with Crippen LogP contribution in [0.2, 0.25) is 0 Å². The molecule has 0 aromatic rings. The first-order valence-electron chi connectivity index (χ1n) is 6.96. The van der Waals surface area contributed by atoms with Gasteiger partial charge < -0.3 is 20.4 Å². The molecule has 28 heavy (non-hydrogen) atoms. The molecule has 0 aromatic carbocycles. The van der Waals surface area contributed by atoms with Crippen molar-refractivity contribution < 1.29 is 65.1 Å². The lowest BCUT2D eigenvalue weighted by molar-refractivity contribution is -0.385. The van der Waals surface area contributed by atoms with Crippen LogP contribution in [0.25, 0.3) is 0 Å². The van der Waals surface area contributed by atoms with E-state index in [0.717, 1.165) is 0 Å². The van der Waals surface area contributed by atoms with E-state index in [-0.39, 0.29) is 0 Å². The number of rotatable bonds is 9. The summed E-state index contributed by atoms with van der Waals surface area (Å²) in [5.41, 5.74) is -2.36. The molecule has 0 fully saturated rings. The van der Waals surface area contributed by atoms with Gasteiger partial charge in [-0.05, 0) is 26.0 Å². The highest BCUT2D eigenvalue weighted by molar-refractivity contribution is 5.86. The number of carbonyl (C=O) groups is 2. The first-order valence-corrected chi connectivity index (χ1v) is 6.96. The van der Waals surface area contributed by atoms with Crippen molar-refractivity contribution in [1.29, 1.82) is 0 Å². The van der Waals surface area contributed by atoms with Crippen LogP contribution in [-0.2, 0) is 9.59 Å². The van der Waals surface area contributed by atoms with Gasteiger partial charge in [0.15, 0.2) is 0 Å². The minimum Gasteiger partial charge on any atom is -0.478 e. The van der Waals surface area contributed by atoms with Crippen LogP contribution < -0.4 is 0 Å². The van der Waals surface area contributed by atoms with Gasteiger partial charge >= 0.3 is 35.6 Å². The number of carboxylic acid groups (broad SMARTS) is 2. The van der Waals surface area contributed by atoms with Crippen LogP contribution in [0.15, 0.2) is 23.3 Å². The molecule has 0 aliphatic carbocycles. The van der Waals surface area contributed by atoms with Crippen LogP contribution in [0.3, 0.4) is 0 Å². The molecule has 0 aliphatic rings. The number of hydrogen-bond acceptors (Lipinski definition) is 4. The van der Waals surface area contributed by atoms with Gasteiger partial charge in [-0.15, -0.1) is 0 Å². The Morgan fingerprint density at radius 2 is 0.893 bits per heavy atom. The second-order valence-corrected chi connectivity index (χ2v) is 5.59. The fourth-order valence-corrected chi connectivity index (χ4v) is 1.62. The molecular weight excluding hydrogens is 416 g/mol. The molecule has 162 valence electrons. The lowest BCUT2D eigenvalue weighted by Crippen LogP contribution is -2.67. The molecule has 0 aliphatic heterocycles. The number of aliphatic carboxylic acids is 2. The van der Waals surface area contributed by atoms with E-state index < -0.39 is 71.1 Å². The topological polar surface area (TPSA) is 115 Å². The van der Waals surface area contributed by atoms with Crippen LogP contribution >= 0.6 is 0 Å². The van der Waals surface area contributed by atoms with Crippen molar-refractivity contribution in [2.45, 2.75) is 49.7 Å². The Hall–Kier alpha value is -2.22. The van der Waals surface area contributed by atoms with Crippen LogP contribution in [-0.4, -0.2) is 68.3 Å². The monoisotopic (exact) mass is 430 g/mol. The van der Waals surface area contributed by atoms with E-state index in [1.165, 1.54) is 0 Å². The van der Waals surface area contributed by atoms with Gasteiger partial charge in [0.1, 0.15) is 12.2 Å². The third-order valence-corrected chi connectivity index (χ3v) is 3.46. The normalized spacial score (nSPS) is 17.3. The number of halogens is 8. The van der Waals surface area contributed by atoms with Crippen molar-refractivity contribution in [2.24, 2.45) is 0 Å². The van der Waals surface area contributed by atoms with Gasteiger partial charge in [-0.1, -0.05) is 0 Å². The van der Waals surface area contributed by atoms with E-state index >= 15 is 0 Å². The van der Waals surface area contributed by atoms with Crippen LogP contribution in [0.4, 0.5) is 35.1 Å². The number of aliphatic hydroxyl groups excluding tert-OH is 2. The predicted octanol–water partition coefficient (Wildman–Crippen LogP) is 2.31. The van der Waals surface area contributed by atoms with E-state index in [2.05, 4.69) is 0 Å². The molecule has 0 saturated heterocycles. The Morgan fingerprint density at radius 1 is 0.679 bits per heavy atom. The lowest BCUT2D eigenvalue weighted by atomic mass is 9.91. The van der Waals surface area contributed by atoms with E-state index in [4.69, 9.17) is 20.4 Å². The quantitative estimate of drug-likeness (QED) is 0.330. The summed E-state index contributed by atoms with van der Waals surface area (Å²) in [6.07, 6.45) is -8.77. The lowest BCUT2D eigenvalue weighted by Gasteiger charge is -2.39. The van der Waals surface area contributed by atoms with Crippen molar-refractivity contribution >= 4 is 11.9 Å². The Bertz CT molecular complexity index is 627. The first kappa shape index (κ1) is 25.8. The van der Waals surface area contributed by atoms with Crippen molar-refractivity contribution in [2.75, 3.05) is 0 Å². The zero-order valence-electron chi connectivity index (χ0n) is 13.9. The van der Waals surface area contributed by atoms with Crippen LogP contribution in [0.1, 0.15) is 13.8 Å². The molecule has 0 radical (unpaired) electrons. The summed E-state index contributed by atoms with van der Waals surface area (Å²) in [4.78, 5) is 20.9. The van der Waals surface area contributed by atoms with Gasteiger partial charge in [-0.2, -0.15) is 35.1 Å². The molecule has 2 atom stereocenters. The molecule has 0 amide bonds. The van der Waals surface area contributed by atoms with E-state index in [0.29, 0.717) is 13.8 Å². The fraction of sp³-hybridized carbons (Fsp3) is 0.571. The molecule has 6 nitrogen and oxygen atoms in total. The summed E-state index contributed by atoms with van der Waals surface area (Å²) in [7, 11) is 0. The highest BCUT2D eigenvalue weighted by Gasteiger charge is 2.82. The van der Waals surface area contributed by atoms with Crippen LogP contribution in [0, 0.1) is 0 Å². The summed E-state index contributed by atoms with van der Waals surface area (Å²) in [5, 5.41) is 34.9. The summed E-state index contributed by atoms with van der Waals surface area (Å²) < 4.78 is 109. The van der Waals surface area contributed by atoms with E-state index in [1.54, 1.807) is 0 Å². The molecule has 2 unspecified atom stereocenters. The predicted molar refractivity (Wildman–Crippen MR) is 74.6 cm³/mol. The Kier molecular flexibility index (Phi) is 7.39. The molecule has 0 saturated carbocycles. The second kappa shape index (κ2) is 8.03. The zero-order chi connectivity index (χ0) is 22.9.